The average molecular weight is 413 g/mol. The summed E-state index contributed by atoms with van der Waals surface area (Å²) in [5.41, 5.74) is -1.22. The fraction of sp³-hybridized carbons (Fsp3) is 0.222. The van der Waals surface area contributed by atoms with E-state index in [1.54, 1.807) is 6.92 Å². The van der Waals surface area contributed by atoms with Crippen LogP contribution >= 0.6 is 11.6 Å². The van der Waals surface area contributed by atoms with Crippen molar-refractivity contribution in [2.45, 2.75) is 19.3 Å². The molecule has 0 saturated heterocycles. The Bertz CT molecular complexity index is 1030. The van der Waals surface area contributed by atoms with Gasteiger partial charge in [-0.3, -0.25) is 14.7 Å². The summed E-state index contributed by atoms with van der Waals surface area (Å²) in [5.74, 6) is 0. The zero-order valence-corrected chi connectivity index (χ0v) is 15.4. The van der Waals surface area contributed by atoms with Crippen LogP contribution in [0.3, 0.4) is 0 Å². The molecule has 0 saturated carbocycles. The van der Waals surface area contributed by atoms with Gasteiger partial charge in [0.15, 0.2) is 5.69 Å². The highest BCUT2D eigenvalue weighted by Crippen LogP contribution is 2.35. The van der Waals surface area contributed by atoms with Crippen molar-refractivity contribution < 1.29 is 18.3 Å². The Morgan fingerprint density at radius 3 is 2.43 bits per heavy atom. The molecule has 1 atom stereocenters. The van der Waals surface area contributed by atoms with Crippen molar-refractivity contribution in [1.29, 1.82) is 0 Å². The number of rotatable bonds is 5. The maximum absolute atomic E-state index is 13.6. The van der Waals surface area contributed by atoms with Crippen LogP contribution in [0, 0.1) is 0 Å². The molecule has 0 fully saturated rings. The lowest BCUT2D eigenvalue weighted by Crippen LogP contribution is -2.24. The van der Waals surface area contributed by atoms with E-state index in [1.807, 2.05) is 0 Å². The van der Waals surface area contributed by atoms with Crippen LogP contribution in [0.5, 0.6) is 0 Å². The summed E-state index contributed by atoms with van der Waals surface area (Å²) < 4.78 is 42.8. The predicted molar refractivity (Wildman–Crippen MR) is 97.8 cm³/mol. The molecule has 0 bridgehead atoms. The summed E-state index contributed by atoms with van der Waals surface area (Å²) >= 11 is 5.76. The molecule has 2 heterocycles. The van der Waals surface area contributed by atoms with Gasteiger partial charge in [-0.2, -0.15) is 18.3 Å². The lowest BCUT2D eigenvalue weighted by atomic mass is 10.2. The molecule has 2 N–H and O–H groups in total. The molecule has 28 heavy (non-hydrogen) atoms. The van der Waals surface area contributed by atoms with Gasteiger partial charge < -0.3 is 5.11 Å². The number of alkyl halides is 3. The highest BCUT2D eigenvalue weighted by atomic mass is 35.5. The van der Waals surface area contributed by atoms with Gasteiger partial charge in [0.1, 0.15) is 6.23 Å². The third-order valence-corrected chi connectivity index (χ3v) is 4.25. The molecule has 0 spiro atoms. The van der Waals surface area contributed by atoms with Crippen LogP contribution in [0.4, 0.5) is 13.2 Å². The molecule has 1 unspecified atom stereocenters. The van der Waals surface area contributed by atoms with E-state index in [-0.39, 0.29) is 28.4 Å². The van der Waals surface area contributed by atoms with Crippen LogP contribution < -0.4 is 10.9 Å². The fourth-order valence-electron chi connectivity index (χ4n) is 2.77. The summed E-state index contributed by atoms with van der Waals surface area (Å²) in [6.07, 6.45) is -3.77. The van der Waals surface area contributed by atoms with Gasteiger partial charge >= 0.3 is 6.18 Å². The lowest BCUT2D eigenvalue weighted by molar-refractivity contribution is -0.144. The van der Waals surface area contributed by atoms with Gasteiger partial charge in [-0.1, -0.05) is 18.5 Å². The molecular formula is C18H16ClF3N4O2. The van der Waals surface area contributed by atoms with E-state index in [1.165, 1.54) is 47.2 Å². The summed E-state index contributed by atoms with van der Waals surface area (Å²) in [7, 11) is 0. The predicted octanol–water partition coefficient (Wildman–Crippen LogP) is 3.30. The van der Waals surface area contributed by atoms with Crippen LogP contribution in [0.1, 0.15) is 24.4 Å². The normalized spacial score (nSPS) is 12.9. The molecule has 148 valence electrons. The van der Waals surface area contributed by atoms with E-state index in [0.29, 0.717) is 10.4 Å². The summed E-state index contributed by atoms with van der Waals surface area (Å²) in [6.45, 7) is 1.95. The molecule has 0 amide bonds. The SMILES string of the molecule is CCNC(O)c1cnn(-c2ccc(-n3ccc(Cl)cc3=O)cc2)c1C(F)(F)F. The van der Waals surface area contributed by atoms with Crippen LogP contribution in [0.15, 0.2) is 53.6 Å². The van der Waals surface area contributed by atoms with Crippen LogP contribution in [0.25, 0.3) is 11.4 Å². The third-order valence-electron chi connectivity index (χ3n) is 4.01. The Morgan fingerprint density at radius 1 is 1.21 bits per heavy atom. The van der Waals surface area contributed by atoms with Crippen molar-refractivity contribution in [1.82, 2.24) is 19.7 Å². The number of aliphatic hydroxyl groups is 1. The van der Waals surface area contributed by atoms with Crippen molar-refractivity contribution in [3.63, 3.8) is 0 Å². The first-order valence-electron chi connectivity index (χ1n) is 8.28. The van der Waals surface area contributed by atoms with Crippen molar-refractivity contribution in [2.75, 3.05) is 6.54 Å². The monoisotopic (exact) mass is 412 g/mol. The van der Waals surface area contributed by atoms with E-state index in [4.69, 9.17) is 11.6 Å². The topological polar surface area (TPSA) is 72.1 Å². The Hall–Kier alpha value is -2.62. The largest absolute Gasteiger partial charge is 0.433 e. The van der Waals surface area contributed by atoms with Gasteiger partial charge in [0, 0.05) is 28.5 Å². The third kappa shape index (κ3) is 3.96. The number of pyridine rings is 1. The molecule has 0 aliphatic carbocycles. The highest BCUT2D eigenvalue weighted by Gasteiger charge is 2.40. The minimum atomic E-state index is -4.73. The van der Waals surface area contributed by atoms with E-state index in [9.17, 15) is 23.1 Å². The number of nitrogens with one attached hydrogen (secondary N) is 1. The number of halogens is 4. The summed E-state index contributed by atoms with van der Waals surface area (Å²) in [5, 5.41) is 16.6. The Kier molecular flexibility index (Phi) is 5.59. The lowest BCUT2D eigenvalue weighted by Gasteiger charge is -2.16. The summed E-state index contributed by atoms with van der Waals surface area (Å²) in [6, 6.07) is 8.56. The maximum Gasteiger partial charge on any atom is 0.433 e. The molecule has 10 heteroatoms. The Balaban J connectivity index is 2.03. The number of hydrogen-bond acceptors (Lipinski definition) is 4. The first-order chi connectivity index (χ1) is 13.2. The van der Waals surface area contributed by atoms with Crippen LogP contribution in [-0.4, -0.2) is 26.0 Å². The zero-order chi connectivity index (χ0) is 20.5. The molecule has 0 radical (unpaired) electrons. The Labute approximate surface area is 162 Å². The van der Waals surface area contributed by atoms with Crippen molar-refractivity contribution >= 4 is 11.6 Å². The number of hydrogen-bond donors (Lipinski definition) is 2. The van der Waals surface area contributed by atoms with Crippen molar-refractivity contribution in [2.24, 2.45) is 0 Å². The number of aliphatic hydroxyl groups excluding tert-OH is 1. The first kappa shape index (κ1) is 20.1. The molecule has 6 nitrogen and oxygen atoms in total. The standard InChI is InChI=1S/C18H16ClF3N4O2/c1-2-23-17(28)14-10-24-26(16(14)18(20,21)22)13-5-3-12(4-6-13)25-8-7-11(19)9-15(25)27/h3-10,17,23,28H,2H2,1H3. The van der Waals surface area contributed by atoms with Gasteiger partial charge in [-0.25, -0.2) is 4.68 Å². The van der Waals surface area contributed by atoms with E-state index in [0.717, 1.165) is 6.20 Å². The second-order valence-electron chi connectivity index (χ2n) is 5.89. The number of benzene rings is 1. The van der Waals surface area contributed by atoms with Crippen LogP contribution in [0.2, 0.25) is 5.02 Å². The second kappa shape index (κ2) is 7.78. The molecule has 0 aliphatic rings. The number of nitrogens with zero attached hydrogens (tertiary/aromatic N) is 3. The minimum Gasteiger partial charge on any atom is -0.374 e. The smallest absolute Gasteiger partial charge is 0.374 e. The minimum absolute atomic E-state index is 0.132. The van der Waals surface area contributed by atoms with Crippen molar-refractivity contribution in [3.05, 3.63) is 75.4 Å². The van der Waals surface area contributed by atoms with E-state index in [2.05, 4.69) is 10.4 Å². The van der Waals surface area contributed by atoms with Gasteiger partial charge in [-0.05, 0) is 36.9 Å². The molecule has 3 aromatic rings. The summed E-state index contributed by atoms with van der Waals surface area (Å²) in [4.78, 5) is 12.0. The van der Waals surface area contributed by atoms with Gasteiger partial charge in [0.25, 0.3) is 5.56 Å². The average Bonchev–Trinajstić information content (AvgIpc) is 3.08. The second-order valence-corrected chi connectivity index (χ2v) is 6.32. The van der Waals surface area contributed by atoms with Crippen molar-refractivity contribution in [3.8, 4) is 11.4 Å². The van der Waals surface area contributed by atoms with Gasteiger partial charge in [0.2, 0.25) is 0 Å². The first-order valence-corrected chi connectivity index (χ1v) is 8.65. The maximum atomic E-state index is 13.6. The van der Waals surface area contributed by atoms with Gasteiger partial charge in [0.05, 0.1) is 11.9 Å². The highest BCUT2D eigenvalue weighted by molar-refractivity contribution is 6.30. The van der Waals surface area contributed by atoms with E-state index < -0.39 is 18.1 Å². The fourth-order valence-corrected chi connectivity index (χ4v) is 2.92. The van der Waals surface area contributed by atoms with Crippen LogP contribution in [-0.2, 0) is 6.18 Å². The zero-order valence-electron chi connectivity index (χ0n) is 14.6. The quantitative estimate of drug-likeness (QED) is 0.631. The van der Waals surface area contributed by atoms with E-state index >= 15 is 0 Å². The Morgan fingerprint density at radius 2 is 1.86 bits per heavy atom. The number of aromatic nitrogens is 3. The molecule has 0 aliphatic heterocycles. The molecule has 1 aromatic carbocycles. The molecule has 3 rings (SSSR count). The van der Waals surface area contributed by atoms with Gasteiger partial charge in [-0.15, -0.1) is 0 Å². The molecular weight excluding hydrogens is 397 g/mol. The molecule has 2 aromatic heterocycles.